The number of nitrogens with one attached hydrogen (secondary N) is 2. The summed E-state index contributed by atoms with van der Waals surface area (Å²) in [6, 6.07) is 9.03. The second-order valence-corrected chi connectivity index (χ2v) is 3.33. The zero-order valence-electron chi connectivity index (χ0n) is 6.78. The highest BCUT2D eigenvalue weighted by Crippen LogP contribution is 2.11. The number of carbonyl (C=O) groups is 1. The molecule has 0 bridgehead atoms. The fraction of sp³-hybridized carbons (Fsp3) is 0. The van der Waals surface area contributed by atoms with Gasteiger partial charge in [0.2, 0.25) is 0 Å². The maximum atomic E-state index is 10.1. The van der Waals surface area contributed by atoms with Crippen molar-refractivity contribution in [3.8, 4) is 0 Å². The molecule has 0 atom stereocenters. The van der Waals surface area contributed by atoms with E-state index in [1.54, 1.807) is 12.1 Å². The molecule has 0 amide bonds. The monoisotopic (exact) mass is 192 g/mol. The van der Waals surface area contributed by atoms with Gasteiger partial charge in [0.15, 0.2) is 6.29 Å². The first-order chi connectivity index (χ1) is 6.24. The molecule has 0 aliphatic heterocycles. The largest absolute Gasteiger partial charge is 0.296 e. The zero-order valence-corrected chi connectivity index (χ0v) is 7.60. The van der Waals surface area contributed by atoms with Gasteiger partial charge in [-0.15, -0.1) is 0 Å². The molecule has 2 N–H and O–H groups in total. The van der Waals surface area contributed by atoms with E-state index < -0.39 is 0 Å². The van der Waals surface area contributed by atoms with E-state index in [1.165, 1.54) is 0 Å². The number of carbonyl (C=O) groups excluding carboxylic acids is 1. The molecule has 0 radical (unpaired) electrons. The number of thioether (sulfide) groups is 1. The van der Waals surface area contributed by atoms with Crippen molar-refractivity contribution in [3.63, 3.8) is 0 Å². The van der Waals surface area contributed by atoms with Gasteiger partial charge < -0.3 is 0 Å². The van der Waals surface area contributed by atoms with Crippen LogP contribution in [0.15, 0.2) is 30.3 Å². The van der Waals surface area contributed by atoms with Crippen LogP contribution in [0.1, 0.15) is 5.56 Å². The van der Waals surface area contributed by atoms with Gasteiger partial charge in [0.05, 0.1) is 0 Å². The molecule has 1 aromatic rings. The van der Waals surface area contributed by atoms with E-state index in [0.29, 0.717) is 6.29 Å². The van der Waals surface area contributed by atoms with Crippen molar-refractivity contribution in [1.29, 1.82) is 10.8 Å². The van der Waals surface area contributed by atoms with Crippen LogP contribution in [-0.2, 0) is 4.79 Å². The lowest BCUT2D eigenvalue weighted by Crippen LogP contribution is -1.99. The van der Waals surface area contributed by atoms with Crippen LogP contribution >= 0.6 is 11.8 Å². The second-order valence-electron chi connectivity index (χ2n) is 2.28. The smallest absolute Gasteiger partial charge is 0.174 e. The molecule has 0 saturated heterocycles. The maximum absolute atomic E-state index is 10.1. The Morgan fingerprint density at radius 1 is 1.23 bits per heavy atom. The molecule has 66 valence electrons. The third kappa shape index (κ3) is 2.83. The minimum absolute atomic E-state index is 0.145. The Labute approximate surface area is 80.2 Å². The highest BCUT2D eigenvalue weighted by molar-refractivity contribution is 8.28. The van der Waals surface area contributed by atoms with Gasteiger partial charge in [-0.2, -0.15) is 0 Å². The molecule has 4 heteroatoms. The van der Waals surface area contributed by atoms with E-state index in [4.69, 9.17) is 10.8 Å². The summed E-state index contributed by atoms with van der Waals surface area (Å²) < 4.78 is 0. The molecule has 0 unspecified atom stereocenters. The van der Waals surface area contributed by atoms with Crippen LogP contribution in [0.2, 0.25) is 0 Å². The van der Waals surface area contributed by atoms with Gasteiger partial charge in [-0.25, -0.2) is 0 Å². The standard InChI is InChI=1S/C9H8N2OS/c10-8(6-12)13-9(11)7-4-2-1-3-5-7/h1-6,10-11H. The molecule has 1 aromatic carbocycles. The Morgan fingerprint density at radius 3 is 2.38 bits per heavy atom. The van der Waals surface area contributed by atoms with Crippen molar-refractivity contribution in [2.45, 2.75) is 0 Å². The maximum Gasteiger partial charge on any atom is 0.174 e. The molecule has 3 nitrogen and oxygen atoms in total. The summed E-state index contributed by atoms with van der Waals surface area (Å²) in [5, 5.41) is 14.7. The summed E-state index contributed by atoms with van der Waals surface area (Å²) in [7, 11) is 0. The van der Waals surface area contributed by atoms with Gasteiger partial charge in [0.1, 0.15) is 10.1 Å². The molecule has 0 spiro atoms. The lowest BCUT2D eigenvalue weighted by Gasteiger charge is -1.99. The van der Waals surface area contributed by atoms with Crippen LogP contribution in [0.3, 0.4) is 0 Å². The third-order valence-corrected chi connectivity index (χ3v) is 2.11. The number of hydrogen-bond donors (Lipinski definition) is 2. The molecular formula is C9H8N2OS. The molecule has 0 fully saturated rings. The van der Waals surface area contributed by atoms with Crippen LogP contribution in [0.25, 0.3) is 0 Å². The van der Waals surface area contributed by atoms with Gasteiger partial charge in [-0.05, 0) is 11.8 Å². The van der Waals surface area contributed by atoms with Crippen LogP contribution < -0.4 is 0 Å². The predicted octanol–water partition coefficient (Wildman–Crippen LogP) is 1.92. The van der Waals surface area contributed by atoms with Crippen molar-refractivity contribution >= 4 is 28.1 Å². The second kappa shape index (κ2) is 4.57. The van der Waals surface area contributed by atoms with Gasteiger partial charge >= 0.3 is 0 Å². The summed E-state index contributed by atoms with van der Waals surface area (Å²) in [6.07, 6.45) is 0.433. The fourth-order valence-corrected chi connectivity index (χ4v) is 1.30. The Hall–Kier alpha value is -1.42. The number of hydrogen-bond acceptors (Lipinski definition) is 4. The molecule has 1 rings (SSSR count). The summed E-state index contributed by atoms with van der Waals surface area (Å²) in [5.41, 5.74) is 0.721. The van der Waals surface area contributed by atoms with E-state index >= 15 is 0 Å². The zero-order chi connectivity index (χ0) is 9.68. The summed E-state index contributed by atoms with van der Waals surface area (Å²) in [4.78, 5) is 10.1. The number of aldehydes is 1. The highest BCUT2D eigenvalue weighted by atomic mass is 32.2. The van der Waals surface area contributed by atoms with Crippen LogP contribution in [-0.4, -0.2) is 16.4 Å². The van der Waals surface area contributed by atoms with Crippen LogP contribution in [0.4, 0.5) is 0 Å². The predicted molar refractivity (Wildman–Crippen MR) is 54.7 cm³/mol. The van der Waals surface area contributed by atoms with Gasteiger partial charge in [0.25, 0.3) is 0 Å². The van der Waals surface area contributed by atoms with Crippen molar-refractivity contribution < 1.29 is 4.79 Å². The molecule has 0 aromatic heterocycles. The minimum Gasteiger partial charge on any atom is -0.296 e. The highest BCUT2D eigenvalue weighted by Gasteiger charge is 2.03. The van der Waals surface area contributed by atoms with Crippen LogP contribution in [0.5, 0.6) is 0 Å². The van der Waals surface area contributed by atoms with Crippen molar-refractivity contribution in [2.24, 2.45) is 0 Å². The van der Waals surface area contributed by atoms with E-state index in [-0.39, 0.29) is 10.1 Å². The Morgan fingerprint density at radius 2 is 1.85 bits per heavy atom. The lowest BCUT2D eigenvalue weighted by molar-refractivity contribution is -0.102. The van der Waals surface area contributed by atoms with Gasteiger partial charge in [-0.1, -0.05) is 30.3 Å². The van der Waals surface area contributed by atoms with Crippen molar-refractivity contribution in [2.75, 3.05) is 0 Å². The third-order valence-electron chi connectivity index (χ3n) is 1.36. The summed E-state index contributed by atoms with van der Waals surface area (Å²) in [6.45, 7) is 0. The number of benzene rings is 1. The molecular weight excluding hydrogens is 184 g/mol. The first-order valence-corrected chi connectivity index (χ1v) is 4.41. The molecule has 0 saturated carbocycles. The minimum atomic E-state index is -0.145. The van der Waals surface area contributed by atoms with Gasteiger partial charge in [-0.3, -0.25) is 15.6 Å². The number of rotatable bonds is 2. The normalized spacial score (nSPS) is 9.23. The fourth-order valence-electron chi connectivity index (χ4n) is 0.782. The SMILES string of the molecule is N=C(C=O)SC(=N)c1ccccc1. The molecule has 0 aliphatic rings. The summed E-state index contributed by atoms with van der Waals surface area (Å²) >= 11 is 0.851. The van der Waals surface area contributed by atoms with E-state index in [2.05, 4.69) is 0 Å². The average Bonchev–Trinajstić information content (AvgIpc) is 2.19. The first kappa shape index (κ1) is 9.67. The topological polar surface area (TPSA) is 64.8 Å². The quantitative estimate of drug-likeness (QED) is 0.427. The Balaban J connectivity index is 2.70. The van der Waals surface area contributed by atoms with E-state index in [9.17, 15) is 4.79 Å². The van der Waals surface area contributed by atoms with Crippen LogP contribution in [0, 0.1) is 10.8 Å². The lowest BCUT2D eigenvalue weighted by atomic mass is 10.2. The van der Waals surface area contributed by atoms with Crippen molar-refractivity contribution in [3.05, 3.63) is 35.9 Å². The van der Waals surface area contributed by atoms with Gasteiger partial charge in [0, 0.05) is 5.56 Å². The van der Waals surface area contributed by atoms with E-state index in [0.717, 1.165) is 17.3 Å². The Bertz CT molecular complexity index is 335. The average molecular weight is 192 g/mol. The van der Waals surface area contributed by atoms with Crippen molar-refractivity contribution in [1.82, 2.24) is 0 Å². The molecule has 0 heterocycles. The molecule has 0 aliphatic carbocycles. The van der Waals surface area contributed by atoms with E-state index in [1.807, 2.05) is 18.2 Å². The first-order valence-electron chi connectivity index (χ1n) is 3.59. The Kier molecular flexibility index (Phi) is 3.40. The molecule has 13 heavy (non-hydrogen) atoms. The summed E-state index contributed by atoms with van der Waals surface area (Å²) in [5.74, 6) is 0.